The van der Waals surface area contributed by atoms with Gasteiger partial charge in [0.15, 0.2) is 17.3 Å². The van der Waals surface area contributed by atoms with Crippen LogP contribution in [0.4, 0.5) is 0 Å². The van der Waals surface area contributed by atoms with Crippen molar-refractivity contribution in [2.24, 2.45) is 0 Å². The smallest absolute Gasteiger partial charge is 0.204 e. The Morgan fingerprint density at radius 1 is 1.10 bits per heavy atom. The maximum absolute atomic E-state index is 12.3. The van der Waals surface area contributed by atoms with Crippen molar-refractivity contribution in [1.82, 2.24) is 0 Å². The van der Waals surface area contributed by atoms with Crippen LogP contribution in [0.15, 0.2) is 48.1 Å². The number of hydrogen-bond donors (Lipinski definition) is 0. The lowest BCUT2D eigenvalue weighted by Crippen LogP contribution is -2.03. The standard InChI is InChI=1S/C17H18O4/c1-19-15-11-9-13(16(20-2)17(15)21-3)14(18)10-8-12-6-4-5-7-12/h4,6-11H,5H2,1-3H3/b10-8+. The van der Waals surface area contributed by atoms with Gasteiger partial charge in [0.25, 0.3) is 0 Å². The molecule has 1 aromatic carbocycles. The van der Waals surface area contributed by atoms with Crippen molar-refractivity contribution in [3.63, 3.8) is 0 Å². The number of benzene rings is 1. The number of carbonyl (C=O) groups excluding carboxylic acids is 1. The highest BCUT2D eigenvalue weighted by Gasteiger charge is 2.19. The third kappa shape index (κ3) is 3.16. The molecule has 21 heavy (non-hydrogen) atoms. The molecule has 2 rings (SSSR count). The van der Waals surface area contributed by atoms with Gasteiger partial charge in [0.1, 0.15) is 0 Å². The molecule has 0 aromatic heterocycles. The molecule has 0 spiro atoms. The van der Waals surface area contributed by atoms with Crippen molar-refractivity contribution >= 4 is 5.78 Å². The molecule has 0 radical (unpaired) electrons. The highest BCUT2D eigenvalue weighted by Crippen LogP contribution is 2.39. The average Bonchev–Trinajstić information content (AvgIpc) is 3.04. The van der Waals surface area contributed by atoms with E-state index < -0.39 is 0 Å². The Morgan fingerprint density at radius 2 is 1.86 bits per heavy atom. The number of hydrogen-bond acceptors (Lipinski definition) is 4. The van der Waals surface area contributed by atoms with Crippen LogP contribution in [0.1, 0.15) is 16.8 Å². The van der Waals surface area contributed by atoms with Crippen molar-refractivity contribution < 1.29 is 19.0 Å². The van der Waals surface area contributed by atoms with Crippen molar-refractivity contribution in [2.45, 2.75) is 6.42 Å². The van der Waals surface area contributed by atoms with E-state index in [1.165, 1.54) is 27.4 Å². The van der Waals surface area contributed by atoms with Gasteiger partial charge in [-0.2, -0.15) is 0 Å². The fraction of sp³-hybridized carbons (Fsp3) is 0.235. The quantitative estimate of drug-likeness (QED) is 0.594. The summed E-state index contributed by atoms with van der Waals surface area (Å²) in [5.74, 6) is 1.17. The Balaban J connectivity index is 2.34. The summed E-state index contributed by atoms with van der Waals surface area (Å²) < 4.78 is 15.8. The van der Waals surface area contributed by atoms with Gasteiger partial charge < -0.3 is 14.2 Å². The number of ether oxygens (including phenoxy) is 3. The number of ketones is 1. The van der Waals surface area contributed by atoms with Gasteiger partial charge in [-0.3, -0.25) is 4.79 Å². The van der Waals surface area contributed by atoms with Crippen LogP contribution in [0.2, 0.25) is 0 Å². The van der Waals surface area contributed by atoms with Crippen LogP contribution in [0.5, 0.6) is 17.2 Å². The minimum Gasteiger partial charge on any atom is -0.493 e. The lowest BCUT2D eigenvalue weighted by atomic mass is 10.1. The maximum atomic E-state index is 12.3. The van der Waals surface area contributed by atoms with E-state index in [-0.39, 0.29) is 5.78 Å². The van der Waals surface area contributed by atoms with Crippen LogP contribution in [0.25, 0.3) is 0 Å². The third-order valence-electron chi connectivity index (χ3n) is 3.20. The predicted octanol–water partition coefficient (Wildman–Crippen LogP) is 3.34. The Labute approximate surface area is 124 Å². The van der Waals surface area contributed by atoms with E-state index in [2.05, 4.69) is 6.08 Å². The van der Waals surface area contributed by atoms with E-state index in [1.54, 1.807) is 18.2 Å². The fourth-order valence-corrected chi connectivity index (χ4v) is 2.16. The van der Waals surface area contributed by atoms with Gasteiger partial charge in [0, 0.05) is 0 Å². The van der Waals surface area contributed by atoms with Crippen LogP contribution in [0.3, 0.4) is 0 Å². The second kappa shape index (κ2) is 6.79. The molecule has 0 unspecified atom stereocenters. The second-order valence-corrected chi connectivity index (χ2v) is 4.42. The van der Waals surface area contributed by atoms with Gasteiger partial charge in [0.2, 0.25) is 5.75 Å². The summed E-state index contributed by atoms with van der Waals surface area (Å²) in [6.07, 6.45) is 10.3. The zero-order valence-corrected chi connectivity index (χ0v) is 12.4. The third-order valence-corrected chi connectivity index (χ3v) is 3.20. The molecule has 0 saturated heterocycles. The van der Waals surface area contributed by atoms with Gasteiger partial charge >= 0.3 is 0 Å². The number of carbonyl (C=O) groups is 1. The molecule has 0 bridgehead atoms. The van der Waals surface area contributed by atoms with Crippen LogP contribution in [0, 0.1) is 0 Å². The Kier molecular flexibility index (Phi) is 4.82. The van der Waals surface area contributed by atoms with Crippen LogP contribution >= 0.6 is 0 Å². The number of allylic oxidation sites excluding steroid dienone is 6. The van der Waals surface area contributed by atoms with Crippen LogP contribution in [-0.4, -0.2) is 27.1 Å². The van der Waals surface area contributed by atoms with Crippen molar-refractivity contribution in [3.05, 3.63) is 53.6 Å². The van der Waals surface area contributed by atoms with Gasteiger partial charge in [-0.05, 0) is 30.2 Å². The summed E-state index contributed by atoms with van der Waals surface area (Å²) in [6.45, 7) is 0. The largest absolute Gasteiger partial charge is 0.493 e. The lowest BCUT2D eigenvalue weighted by molar-refractivity contribution is 0.104. The molecule has 1 aromatic rings. The molecule has 0 aliphatic heterocycles. The molecule has 0 N–H and O–H groups in total. The molecular weight excluding hydrogens is 268 g/mol. The molecule has 0 atom stereocenters. The summed E-state index contributed by atoms with van der Waals surface area (Å²) in [6, 6.07) is 3.36. The molecule has 4 heteroatoms. The summed E-state index contributed by atoms with van der Waals surface area (Å²) in [5, 5.41) is 0. The fourth-order valence-electron chi connectivity index (χ4n) is 2.16. The average molecular weight is 286 g/mol. The molecule has 110 valence electrons. The minimum atomic E-state index is -0.144. The first-order valence-corrected chi connectivity index (χ1v) is 6.59. The van der Waals surface area contributed by atoms with E-state index in [9.17, 15) is 4.79 Å². The highest BCUT2D eigenvalue weighted by atomic mass is 16.5. The van der Waals surface area contributed by atoms with Gasteiger partial charge in [-0.15, -0.1) is 0 Å². The van der Waals surface area contributed by atoms with Crippen LogP contribution in [-0.2, 0) is 0 Å². The van der Waals surface area contributed by atoms with E-state index >= 15 is 0 Å². The maximum Gasteiger partial charge on any atom is 0.204 e. The van der Waals surface area contributed by atoms with Crippen molar-refractivity contribution in [1.29, 1.82) is 0 Å². The summed E-state index contributed by atoms with van der Waals surface area (Å²) in [4.78, 5) is 12.3. The van der Waals surface area contributed by atoms with Crippen molar-refractivity contribution in [2.75, 3.05) is 21.3 Å². The normalized spacial score (nSPS) is 13.4. The molecule has 4 nitrogen and oxygen atoms in total. The summed E-state index contributed by atoms with van der Waals surface area (Å²) in [5.41, 5.74) is 1.47. The molecule has 0 fully saturated rings. The second-order valence-electron chi connectivity index (χ2n) is 4.42. The van der Waals surface area contributed by atoms with Crippen LogP contribution < -0.4 is 14.2 Å². The highest BCUT2D eigenvalue weighted by molar-refractivity contribution is 6.07. The molecule has 0 heterocycles. The Morgan fingerprint density at radius 3 is 2.43 bits per heavy atom. The number of rotatable bonds is 6. The Hall–Kier alpha value is -2.49. The zero-order valence-electron chi connectivity index (χ0n) is 12.4. The van der Waals surface area contributed by atoms with E-state index in [1.807, 2.05) is 12.2 Å². The summed E-state index contributed by atoms with van der Waals surface area (Å²) in [7, 11) is 4.55. The first-order chi connectivity index (χ1) is 10.2. The summed E-state index contributed by atoms with van der Waals surface area (Å²) >= 11 is 0. The van der Waals surface area contributed by atoms with E-state index in [0.717, 1.165) is 12.0 Å². The molecule has 1 aliphatic carbocycles. The molecule has 1 aliphatic rings. The lowest BCUT2D eigenvalue weighted by Gasteiger charge is -2.14. The zero-order chi connectivity index (χ0) is 15.2. The Bertz CT molecular complexity index is 624. The van der Waals surface area contributed by atoms with Gasteiger partial charge in [-0.1, -0.05) is 24.3 Å². The van der Waals surface area contributed by atoms with Crippen molar-refractivity contribution in [3.8, 4) is 17.2 Å². The van der Waals surface area contributed by atoms with E-state index in [4.69, 9.17) is 14.2 Å². The van der Waals surface area contributed by atoms with E-state index in [0.29, 0.717) is 22.8 Å². The minimum absolute atomic E-state index is 0.144. The molecular formula is C17H18O4. The molecule has 0 saturated carbocycles. The molecule has 0 amide bonds. The first kappa shape index (κ1) is 14.9. The monoisotopic (exact) mass is 286 g/mol. The number of methoxy groups -OCH3 is 3. The van der Waals surface area contributed by atoms with Gasteiger partial charge in [0.05, 0.1) is 26.9 Å². The topological polar surface area (TPSA) is 44.8 Å². The first-order valence-electron chi connectivity index (χ1n) is 6.59. The van der Waals surface area contributed by atoms with Gasteiger partial charge in [-0.25, -0.2) is 0 Å². The predicted molar refractivity (Wildman–Crippen MR) is 81.4 cm³/mol. The SMILES string of the molecule is COc1ccc(C(=O)/C=C/C2=CCC=C2)c(OC)c1OC.